The van der Waals surface area contributed by atoms with Gasteiger partial charge in [0.1, 0.15) is 5.60 Å². The maximum absolute atomic E-state index is 10.4. The van der Waals surface area contributed by atoms with Crippen LogP contribution in [0.2, 0.25) is 0 Å². The van der Waals surface area contributed by atoms with E-state index < -0.39 is 5.60 Å². The Morgan fingerprint density at radius 1 is 1.71 bits per heavy atom. The SMILES string of the molecule is COc1ncc(C2(O)CCSC2C)s1. The number of hydrogen-bond acceptors (Lipinski definition) is 5. The zero-order chi connectivity index (χ0) is 10.2. The molecule has 2 atom stereocenters. The first-order chi connectivity index (χ1) is 6.66. The summed E-state index contributed by atoms with van der Waals surface area (Å²) in [6.45, 7) is 2.06. The standard InChI is InChI=1S/C9H13NO2S2/c1-6-9(11,3-4-13-6)7-5-10-8(12-2)14-7/h5-6,11H,3-4H2,1-2H3. The van der Waals surface area contributed by atoms with Crippen LogP contribution < -0.4 is 4.74 Å². The molecule has 2 unspecified atom stereocenters. The van der Waals surface area contributed by atoms with Crippen LogP contribution in [-0.4, -0.2) is 28.2 Å². The molecule has 1 N–H and O–H groups in total. The third-order valence-electron chi connectivity index (χ3n) is 2.61. The molecule has 1 aromatic rings. The van der Waals surface area contributed by atoms with Crippen LogP contribution in [0.5, 0.6) is 5.19 Å². The van der Waals surface area contributed by atoms with E-state index in [-0.39, 0.29) is 5.25 Å². The molecule has 0 bridgehead atoms. The zero-order valence-electron chi connectivity index (χ0n) is 8.19. The number of methoxy groups -OCH3 is 1. The van der Waals surface area contributed by atoms with E-state index in [1.807, 2.05) is 0 Å². The van der Waals surface area contributed by atoms with Gasteiger partial charge in [-0.15, -0.1) is 0 Å². The number of thioether (sulfide) groups is 1. The van der Waals surface area contributed by atoms with Gasteiger partial charge in [-0.3, -0.25) is 0 Å². The van der Waals surface area contributed by atoms with Gasteiger partial charge in [-0.2, -0.15) is 11.8 Å². The molecule has 2 heterocycles. The van der Waals surface area contributed by atoms with Crippen molar-refractivity contribution in [1.82, 2.24) is 4.98 Å². The minimum Gasteiger partial charge on any atom is -0.473 e. The molecular formula is C9H13NO2S2. The van der Waals surface area contributed by atoms with Crippen LogP contribution in [0, 0.1) is 0 Å². The van der Waals surface area contributed by atoms with E-state index in [1.165, 1.54) is 11.3 Å². The molecule has 0 saturated carbocycles. The molecule has 1 aliphatic heterocycles. The number of aliphatic hydroxyl groups is 1. The van der Waals surface area contributed by atoms with Crippen LogP contribution in [0.4, 0.5) is 0 Å². The van der Waals surface area contributed by atoms with E-state index in [9.17, 15) is 5.11 Å². The van der Waals surface area contributed by atoms with Crippen LogP contribution in [0.25, 0.3) is 0 Å². The van der Waals surface area contributed by atoms with Crippen LogP contribution in [-0.2, 0) is 5.60 Å². The number of nitrogens with zero attached hydrogens (tertiary/aromatic N) is 1. The Morgan fingerprint density at radius 3 is 3.00 bits per heavy atom. The molecule has 0 radical (unpaired) electrons. The lowest BCUT2D eigenvalue weighted by Crippen LogP contribution is -2.30. The first kappa shape index (κ1) is 10.3. The van der Waals surface area contributed by atoms with Crippen molar-refractivity contribution in [3.63, 3.8) is 0 Å². The number of aromatic nitrogens is 1. The van der Waals surface area contributed by atoms with Gasteiger partial charge in [0.15, 0.2) is 0 Å². The second-order valence-corrected chi connectivity index (χ2v) is 5.82. The fraction of sp³-hybridized carbons (Fsp3) is 0.667. The number of thiazole rings is 1. The first-order valence-corrected chi connectivity index (χ1v) is 6.37. The summed E-state index contributed by atoms with van der Waals surface area (Å²) in [6, 6.07) is 0. The average molecular weight is 231 g/mol. The first-order valence-electron chi connectivity index (χ1n) is 4.51. The van der Waals surface area contributed by atoms with Gasteiger partial charge < -0.3 is 9.84 Å². The van der Waals surface area contributed by atoms with E-state index >= 15 is 0 Å². The molecule has 0 aliphatic carbocycles. The highest BCUT2D eigenvalue weighted by Crippen LogP contribution is 2.45. The Morgan fingerprint density at radius 2 is 2.50 bits per heavy atom. The average Bonchev–Trinajstić information content (AvgIpc) is 2.75. The smallest absolute Gasteiger partial charge is 0.273 e. The zero-order valence-corrected chi connectivity index (χ0v) is 9.82. The van der Waals surface area contributed by atoms with Crippen molar-refractivity contribution in [2.75, 3.05) is 12.9 Å². The number of rotatable bonds is 2. The van der Waals surface area contributed by atoms with Gasteiger partial charge >= 0.3 is 0 Å². The van der Waals surface area contributed by atoms with E-state index in [2.05, 4.69) is 11.9 Å². The summed E-state index contributed by atoms with van der Waals surface area (Å²) < 4.78 is 5.02. The molecule has 78 valence electrons. The van der Waals surface area contributed by atoms with Crippen molar-refractivity contribution >= 4 is 23.1 Å². The van der Waals surface area contributed by atoms with Gasteiger partial charge in [-0.1, -0.05) is 18.3 Å². The van der Waals surface area contributed by atoms with E-state index in [0.717, 1.165) is 17.1 Å². The van der Waals surface area contributed by atoms with Crippen LogP contribution >= 0.6 is 23.1 Å². The van der Waals surface area contributed by atoms with Crippen LogP contribution in [0.1, 0.15) is 18.2 Å². The summed E-state index contributed by atoms with van der Waals surface area (Å²) in [4.78, 5) is 5.01. The maximum atomic E-state index is 10.4. The minimum absolute atomic E-state index is 0.243. The topological polar surface area (TPSA) is 42.4 Å². The van der Waals surface area contributed by atoms with Gasteiger partial charge in [0.05, 0.1) is 12.0 Å². The second kappa shape index (κ2) is 3.72. The molecule has 0 aromatic carbocycles. The number of hydrogen-bond donors (Lipinski definition) is 1. The predicted molar refractivity (Wildman–Crippen MR) is 59.1 cm³/mol. The summed E-state index contributed by atoms with van der Waals surface area (Å²) in [5.41, 5.74) is -0.695. The molecule has 5 heteroatoms. The monoisotopic (exact) mass is 231 g/mol. The summed E-state index contributed by atoms with van der Waals surface area (Å²) >= 11 is 3.24. The summed E-state index contributed by atoms with van der Waals surface area (Å²) in [5, 5.41) is 11.3. The van der Waals surface area contributed by atoms with Gasteiger partial charge in [0, 0.05) is 11.4 Å². The largest absolute Gasteiger partial charge is 0.473 e. The summed E-state index contributed by atoms with van der Waals surface area (Å²) in [6.07, 6.45) is 2.54. The summed E-state index contributed by atoms with van der Waals surface area (Å²) in [7, 11) is 1.60. The van der Waals surface area contributed by atoms with Crippen molar-refractivity contribution in [3.8, 4) is 5.19 Å². The Labute approximate surface area is 91.5 Å². The molecule has 1 saturated heterocycles. The fourth-order valence-electron chi connectivity index (χ4n) is 1.61. The Hall–Kier alpha value is -0.260. The molecule has 1 aliphatic rings. The van der Waals surface area contributed by atoms with Gasteiger partial charge in [0.25, 0.3) is 5.19 Å². The lowest BCUT2D eigenvalue weighted by molar-refractivity contribution is 0.0463. The minimum atomic E-state index is -0.695. The molecule has 14 heavy (non-hydrogen) atoms. The van der Waals surface area contributed by atoms with E-state index in [1.54, 1.807) is 25.1 Å². The normalized spacial score (nSPS) is 32.1. The van der Waals surface area contributed by atoms with Crippen molar-refractivity contribution in [1.29, 1.82) is 0 Å². The molecule has 1 aromatic heterocycles. The van der Waals surface area contributed by atoms with E-state index in [4.69, 9.17) is 4.74 Å². The lowest BCUT2D eigenvalue weighted by Gasteiger charge is -2.24. The van der Waals surface area contributed by atoms with Crippen LogP contribution in [0.15, 0.2) is 6.20 Å². The fourth-order valence-corrected chi connectivity index (χ4v) is 3.92. The van der Waals surface area contributed by atoms with E-state index in [0.29, 0.717) is 5.19 Å². The molecule has 2 rings (SSSR count). The van der Waals surface area contributed by atoms with Crippen molar-refractivity contribution in [3.05, 3.63) is 11.1 Å². The Bertz CT molecular complexity index is 328. The Kier molecular flexibility index (Phi) is 2.72. The second-order valence-electron chi connectivity index (χ2n) is 3.38. The quantitative estimate of drug-likeness (QED) is 0.843. The van der Waals surface area contributed by atoms with Crippen molar-refractivity contribution < 1.29 is 9.84 Å². The molecule has 1 fully saturated rings. The van der Waals surface area contributed by atoms with Gasteiger partial charge in [-0.25, -0.2) is 4.98 Å². The molecule has 0 amide bonds. The maximum Gasteiger partial charge on any atom is 0.273 e. The predicted octanol–water partition coefficient (Wildman–Crippen LogP) is 1.86. The highest BCUT2D eigenvalue weighted by atomic mass is 32.2. The lowest BCUT2D eigenvalue weighted by atomic mass is 9.96. The highest BCUT2D eigenvalue weighted by Gasteiger charge is 2.42. The van der Waals surface area contributed by atoms with Crippen LogP contribution in [0.3, 0.4) is 0 Å². The third kappa shape index (κ3) is 1.53. The molecular weight excluding hydrogens is 218 g/mol. The molecule has 0 spiro atoms. The number of ether oxygens (including phenoxy) is 1. The van der Waals surface area contributed by atoms with Gasteiger partial charge in [-0.05, 0) is 12.2 Å². The third-order valence-corrected chi connectivity index (χ3v) is 5.06. The summed E-state index contributed by atoms with van der Waals surface area (Å²) in [5.74, 6) is 1.01. The Balaban J connectivity index is 2.28. The van der Waals surface area contributed by atoms with Crippen molar-refractivity contribution in [2.24, 2.45) is 0 Å². The van der Waals surface area contributed by atoms with Gasteiger partial charge in [0.2, 0.25) is 0 Å². The van der Waals surface area contributed by atoms with Crippen molar-refractivity contribution in [2.45, 2.75) is 24.2 Å². The molecule has 3 nitrogen and oxygen atoms in total. The highest BCUT2D eigenvalue weighted by molar-refractivity contribution is 8.00.